The molecule has 3 amide bonds. The molecule has 1 aromatic carbocycles. The molecule has 1 aliphatic heterocycles. The Morgan fingerprint density at radius 3 is 2.44 bits per heavy atom. The average Bonchev–Trinajstić information content (AvgIpc) is 3.30. The Hall–Kier alpha value is -4.69. The molecular weight excluding hydrogens is 544 g/mol. The van der Waals surface area contributed by atoms with Gasteiger partial charge in [0, 0.05) is 43.6 Å². The lowest BCUT2D eigenvalue weighted by molar-refractivity contribution is 0.0174. The van der Waals surface area contributed by atoms with Gasteiger partial charge in [0.15, 0.2) is 5.65 Å². The highest BCUT2D eigenvalue weighted by atomic mass is 35.5. The lowest BCUT2D eigenvalue weighted by atomic mass is 10.00. The van der Waals surface area contributed by atoms with Gasteiger partial charge in [0.05, 0.1) is 17.2 Å². The van der Waals surface area contributed by atoms with E-state index in [2.05, 4.69) is 16.4 Å². The van der Waals surface area contributed by atoms with Crippen LogP contribution >= 0.6 is 11.6 Å². The van der Waals surface area contributed by atoms with E-state index in [0.29, 0.717) is 59.6 Å². The van der Waals surface area contributed by atoms with E-state index < -0.39 is 5.60 Å². The van der Waals surface area contributed by atoms with Gasteiger partial charge in [0.1, 0.15) is 22.3 Å². The molecule has 1 saturated heterocycles. The van der Waals surface area contributed by atoms with Gasteiger partial charge in [-0.05, 0) is 63.6 Å². The van der Waals surface area contributed by atoms with Crippen molar-refractivity contribution in [3.8, 4) is 28.5 Å². The number of nitriles is 1. The van der Waals surface area contributed by atoms with E-state index in [1.165, 1.54) is 0 Å². The molecular formula is C29H29ClN8O3. The zero-order valence-electron chi connectivity index (χ0n) is 23.2. The molecule has 5 rings (SSSR count). The maximum atomic E-state index is 13.1. The van der Waals surface area contributed by atoms with E-state index >= 15 is 0 Å². The van der Waals surface area contributed by atoms with Crippen LogP contribution in [0.4, 0.5) is 15.4 Å². The third kappa shape index (κ3) is 6.23. The van der Waals surface area contributed by atoms with E-state index in [0.717, 1.165) is 16.8 Å². The van der Waals surface area contributed by atoms with E-state index in [4.69, 9.17) is 26.4 Å². The smallest absolute Gasteiger partial charge is 0.410 e. The maximum absolute atomic E-state index is 13.1. The molecule has 0 saturated carbocycles. The first kappa shape index (κ1) is 27.9. The van der Waals surface area contributed by atoms with Gasteiger partial charge in [-0.15, -0.1) is 0 Å². The molecule has 3 aromatic heterocycles. The largest absolute Gasteiger partial charge is 0.444 e. The van der Waals surface area contributed by atoms with Gasteiger partial charge >= 0.3 is 12.1 Å². The fourth-order valence-corrected chi connectivity index (χ4v) is 4.83. The summed E-state index contributed by atoms with van der Waals surface area (Å²) >= 11 is 6.31. The van der Waals surface area contributed by atoms with Crippen molar-refractivity contribution in [2.75, 3.05) is 31.5 Å². The number of hydrogen-bond acceptors (Lipinski definition) is 7. The number of hydrogen-bond donors (Lipinski definition) is 1. The van der Waals surface area contributed by atoms with Crippen LogP contribution in [0.1, 0.15) is 32.0 Å². The molecule has 1 N–H and O–H groups in total. The number of carbonyl (C=O) groups excluding carboxylic acids is 2. The number of anilines is 1. The molecule has 0 radical (unpaired) electrons. The standard InChI is InChI=1S/C29H29ClN8O3/c1-18-14-21(16-22(30)32-18)24-25(20-7-5-6-19(15-20)17-31)35-38-9-8-23(33-26(24)38)34-27(39)36-10-12-37(13-11-36)28(40)41-29(2,3)4/h5-9,14-16H,10-13H2,1-4H3,(H,33,34,39). The molecule has 0 bridgehead atoms. The predicted molar refractivity (Wildman–Crippen MR) is 155 cm³/mol. The number of carbonyl (C=O) groups is 2. The predicted octanol–water partition coefficient (Wildman–Crippen LogP) is 5.38. The highest BCUT2D eigenvalue weighted by molar-refractivity contribution is 6.29. The lowest BCUT2D eigenvalue weighted by Crippen LogP contribution is -2.52. The summed E-state index contributed by atoms with van der Waals surface area (Å²) in [5.74, 6) is 0.340. The summed E-state index contributed by atoms with van der Waals surface area (Å²) in [4.78, 5) is 37.7. The summed E-state index contributed by atoms with van der Waals surface area (Å²) in [6, 6.07) is 14.3. The van der Waals surface area contributed by atoms with Gasteiger partial charge in [0.2, 0.25) is 0 Å². The minimum Gasteiger partial charge on any atom is -0.444 e. The highest BCUT2D eigenvalue weighted by Gasteiger charge is 2.28. The number of nitrogens with zero attached hydrogens (tertiary/aromatic N) is 7. The van der Waals surface area contributed by atoms with Gasteiger partial charge in [-0.3, -0.25) is 5.32 Å². The monoisotopic (exact) mass is 572 g/mol. The third-order valence-electron chi connectivity index (χ3n) is 6.41. The fraction of sp³-hybridized carbons (Fsp3) is 0.310. The molecule has 41 heavy (non-hydrogen) atoms. The van der Waals surface area contributed by atoms with Gasteiger partial charge in [-0.1, -0.05) is 23.7 Å². The number of fused-ring (bicyclic) bond motifs is 1. The number of urea groups is 1. The van der Waals surface area contributed by atoms with Crippen molar-refractivity contribution in [2.24, 2.45) is 0 Å². The second kappa shape index (κ2) is 11.1. The third-order valence-corrected chi connectivity index (χ3v) is 6.61. The van der Waals surface area contributed by atoms with Crippen LogP contribution in [-0.2, 0) is 4.74 Å². The average molecular weight is 573 g/mol. The van der Waals surface area contributed by atoms with Crippen molar-refractivity contribution in [2.45, 2.75) is 33.3 Å². The number of aryl methyl sites for hydroxylation is 1. The summed E-state index contributed by atoms with van der Waals surface area (Å²) < 4.78 is 7.07. The Morgan fingerprint density at radius 1 is 1.02 bits per heavy atom. The molecule has 4 heterocycles. The molecule has 0 spiro atoms. The zero-order chi connectivity index (χ0) is 29.3. The van der Waals surface area contributed by atoms with Crippen molar-refractivity contribution in [1.82, 2.24) is 29.4 Å². The number of benzene rings is 1. The van der Waals surface area contributed by atoms with E-state index in [1.807, 2.05) is 39.8 Å². The van der Waals surface area contributed by atoms with Crippen LogP contribution < -0.4 is 5.32 Å². The Bertz CT molecular complexity index is 1660. The van der Waals surface area contributed by atoms with Crippen molar-refractivity contribution >= 4 is 35.2 Å². The highest BCUT2D eigenvalue weighted by Crippen LogP contribution is 2.36. The number of ether oxygens (including phenoxy) is 1. The van der Waals surface area contributed by atoms with Crippen LogP contribution in [-0.4, -0.2) is 73.3 Å². The first-order chi connectivity index (χ1) is 19.5. The molecule has 11 nitrogen and oxygen atoms in total. The Labute approximate surface area is 242 Å². The van der Waals surface area contributed by atoms with Crippen molar-refractivity contribution in [3.63, 3.8) is 0 Å². The van der Waals surface area contributed by atoms with Crippen LogP contribution in [0.3, 0.4) is 0 Å². The van der Waals surface area contributed by atoms with Crippen LogP contribution in [0.5, 0.6) is 0 Å². The molecule has 0 atom stereocenters. The second-order valence-electron chi connectivity index (χ2n) is 10.7. The van der Waals surface area contributed by atoms with Gasteiger partial charge < -0.3 is 14.5 Å². The minimum absolute atomic E-state index is 0.323. The number of rotatable bonds is 3. The van der Waals surface area contributed by atoms with E-state index in [1.54, 1.807) is 50.8 Å². The summed E-state index contributed by atoms with van der Waals surface area (Å²) in [7, 11) is 0. The SMILES string of the molecule is Cc1cc(-c2c(-c3cccc(C#N)c3)nn3ccc(NC(=O)N4CCN(C(=O)OC(C)(C)C)CC4)nc23)cc(Cl)n1. The molecule has 0 aliphatic carbocycles. The number of nitrogens with one attached hydrogen (secondary N) is 1. The Morgan fingerprint density at radius 2 is 1.76 bits per heavy atom. The molecule has 12 heteroatoms. The van der Waals surface area contributed by atoms with Crippen molar-refractivity contribution < 1.29 is 14.3 Å². The molecule has 0 unspecified atom stereocenters. The Balaban J connectivity index is 1.43. The van der Waals surface area contributed by atoms with Gasteiger partial charge in [0.25, 0.3) is 0 Å². The maximum Gasteiger partial charge on any atom is 0.410 e. The quantitative estimate of drug-likeness (QED) is 0.326. The molecule has 1 aliphatic rings. The number of amides is 3. The zero-order valence-corrected chi connectivity index (χ0v) is 23.9. The first-order valence-corrected chi connectivity index (χ1v) is 13.5. The summed E-state index contributed by atoms with van der Waals surface area (Å²) in [5, 5.41) is 17.4. The number of piperazine rings is 1. The topological polar surface area (TPSA) is 129 Å². The van der Waals surface area contributed by atoms with Crippen molar-refractivity contribution in [3.05, 3.63) is 65.1 Å². The minimum atomic E-state index is -0.582. The van der Waals surface area contributed by atoms with Crippen LogP contribution in [0.15, 0.2) is 48.7 Å². The number of aromatic nitrogens is 4. The fourth-order valence-electron chi connectivity index (χ4n) is 4.58. The summed E-state index contributed by atoms with van der Waals surface area (Å²) in [6.45, 7) is 8.77. The van der Waals surface area contributed by atoms with E-state index in [-0.39, 0.29) is 12.1 Å². The van der Waals surface area contributed by atoms with Crippen molar-refractivity contribution in [1.29, 1.82) is 5.26 Å². The van der Waals surface area contributed by atoms with Crippen LogP contribution in [0, 0.1) is 18.3 Å². The molecule has 4 aromatic rings. The van der Waals surface area contributed by atoms with Gasteiger partial charge in [-0.2, -0.15) is 10.4 Å². The summed E-state index contributed by atoms with van der Waals surface area (Å²) in [6.07, 6.45) is 1.33. The summed E-state index contributed by atoms with van der Waals surface area (Å²) in [5.41, 5.74) is 3.93. The van der Waals surface area contributed by atoms with Gasteiger partial charge in [-0.25, -0.2) is 24.1 Å². The molecule has 1 fully saturated rings. The molecule has 210 valence electrons. The Kier molecular flexibility index (Phi) is 7.51. The number of pyridine rings is 1. The normalized spacial score (nSPS) is 13.7. The van der Waals surface area contributed by atoms with Crippen LogP contribution in [0.25, 0.3) is 28.0 Å². The number of halogens is 1. The van der Waals surface area contributed by atoms with E-state index in [9.17, 15) is 14.9 Å². The van der Waals surface area contributed by atoms with Crippen LogP contribution in [0.2, 0.25) is 5.15 Å². The first-order valence-electron chi connectivity index (χ1n) is 13.1. The second-order valence-corrected chi connectivity index (χ2v) is 11.1. The lowest BCUT2D eigenvalue weighted by Gasteiger charge is -2.35.